The van der Waals surface area contributed by atoms with E-state index in [9.17, 15) is 19.2 Å². The van der Waals surface area contributed by atoms with Gasteiger partial charge < -0.3 is 15.0 Å². The van der Waals surface area contributed by atoms with Crippen molar-refractivity contribution in [1.29, 1.82) is 0 Å². The Balaban J connectivity index is 1.41. The van der Waals surface area contributed by atoms with Gasteiger partial charge in [-0.25, -0.2) is 0 Å². The Kier molecular flexibility index (Phi) is 6.71. The minimum atomic E-state index is -0.470. The van der Waals surface area contributed by atoms with E-state index in [0.29, 0.717) is 49.7 Å². The van der Waals surface area contributed by atoms with Gasteiger partial charge in [-0.15, -0.1) is 11.3 Å². The van der Waals surface area contributed by atoms with E-state index in [1.54, 1.807) is 4.90 Å². The van der Waals surface area contributed by atoms with Gasteiger partial charge in [0.1, 0.15) is 11.5 Å². The van der Waals surface area contributed by atoms with Crippen molar-refractivity contribution in [3.8, 4) is 10.4 Å². The number of morpholine rings is 1. The Labute approximate surface area is 208 Å². The van der Waals surface area contributed by atoms with Crippen molar-refractivity contribution in [2.45, 2.75) is 32.6 Å². The fourth-order valence-corrected chi connectivity index (χ4v) is 6.57. The minimum absolute atomic E-state index is 0.154. The number of benzene rings is 1. The van der Waals surface area contributed by atoms with E-state index in [2.05, 4.69) is 5.32 Å². The Bertz CT molecular complexity index is 1130. The van der Waals surface area contributed by atoms with Gasteiger partial charge in [0.2, 0.25) is 17.7 Å². The number of amides is 4. The third kappa shape index (κ3) is 4.50. The van der Waals surface area contributed by atoms with E-state index < -0.39 is 5.91 Å². The van der Waals surface area contributed by atoms with Gasteiger partial charge in [0.05, 0.1) is 30.6 Å². The van der Waals surface area contributed by atoms with E-state index in [-0.39, 0.29) is 36.1 Å². The third-order valence-electron chi connectivity index (χ3n) is 7.18. The molecule has 0 unspecified atom stereocenters. The maximum atomic E-state index is 13.5. The smallest absolute Gasteiger partial charge is 0.257 e. The van der Waals surface area contributed by atoms with Crippen LogP contribution in [-0.2, 0) is 19.1 Å². The lowest BCUT2D eigenvalue weighted by Gasteiger charge is -2.27. The van der Waals surface area contributed by atoms with Gasteiger partial charge in [-0.1, -0.05) is 43.2 Å². The van der Waals surface area contributed by atoms with Crippen LogP contribution in [0, 0.1) is 18.8 Å². The molecule has 1 aliphatic carbocycles. The lowest BCUT2D eigenvalue weighted by atomic mass is 9.81. The van der Waals surface area contributed by atoms with Crippen molar-refractivity contribution < 1.29 is 23.9 Å². The molecule has 9 heteroatoms. The molecule has 2 saturated heterocycles. The first-order valence-corrected chi connectivity index (χ1v) is 13.0. The van der Waals surface area contributed by atoms with Crippen LogP contribution in [0.2, 0.25) is 0 Å². The largest absolute Gasteiger partial charge is 0.378 e. The molecule has 1 N–H and O–H groups in total. The van der Waals surface area contributed by atoms with Gasteiger partial charge in [-0.3, -0.25) is 24.1 Å². The SMILES string of the molecule is Cc1c(-c2ccccc2)sc(NC(=O)CN2C(=O)[C@H]3CCCC[C@H]3C2=O)c1C(=O)N1CCOCC1. The highest BCUT2D eigenvalue weighted by Crippen LogP contribution is 2.41. The summed E-state index contributed by atoms with van der Waals surface area (Å²) in [5.74, 6) is -1.70. The normalized spacial score (nSPS) is 22.3. The molecule has 0 radical (unpaired) electrons. The molecule has 3 aliphatic rings. The van der Waals surface area contributed by atoms with Crippen molar-refractivity contribution in [3.05, 3.63) is 41.5 Å². The van der Waals surface area contributed by atoms with E-state index >= 15 is 0 Å². The fraction of sp³-hybridized carbons (Fsp3) is 0.462. The highest BCUT2D eigenvalue weighted by Gasteiger charge is 2.48. The molecule has 1 saturated carbocycles. The Morgan fingerprint density at radius 1 is 1.03 bits per heavy atom. The number of hydrogen-bond donors (Lipinski definition) is 1. The quantitative estimate of drug-likeness (QED) is 0.642. The number of likely N-dealkylation sites (tertiary alicyclic amines) is 1. The number of hydrogen-bond acceptors (Lipinski definition) is 6. The van der Waals surface area contributed by atoms with Crippen molar-refractivity contribution in [2.24, 2.45) is 11.8 Å². The van der Waals surface area contributed by atoms with Crippen molar-refractivity contribution in [3.63, 3.8) is 0 Å². The number of anilines is 1. The molecule has 5 rings (SSSR count). The molecule has 0 spiro atoms. The Morgan fingerprint density at radius 2 is 1.66 bits per heavy atom. The van der Waals surface area contributed by atoms with Crippen LogP contribution in [0.15, 0.2) is 30.3 Å². The van der Waals surface area contributed by atoms with Crippen molar-refractivity contribution >= 4 is 40.0 Å². The zero-order chi connectivity index (χ0) is 24.5. The molecule has 1 aromatic carbocycles. The number of rotatable bonds is 5. The summed E-state index contributed by atoms with van der Waals surface area (Å²) in [6, 6.07) is 9.73. The number of thiophene rings is 1. The standard InChI is InChI=1S/C26H29N3O5S/c1-16-21(26(33)28-11-13-34-14-12-28)23(35-22(16)17-7-3-2-4-8-17)27-20(30)15-29-24(31)18-9-5-6-10-19(18)25(29)32/h2-4,7-8,18-19H,5-6,9-15H2,1H3,(H,27,30)/t18-,19+. The van der Waals surface area contributed by atoms with Crippen LogP contribution in [0.4, 0.5) is 5.00 Å². The molecule has 1 aromatic heterocycles. The summed E-state index contributed by atoms with van der Waals surface area (Å²) in [5, 5.41) is 3.31. The van der Waals surface area contributed by atoms with Gasteiger partial charge in [0, 0.05) is 18.0 Å². The third-order valence-corrected chi connectivity index (χ3v) is 8.44. The molecule has 4 amide bonds. The molecular weight excluding hydrogens is 466 g/mol. The van der Waals surface area contributed by atoms with Crippen LogP contribution in [-0.4, -0.2) is 66.3 Å². The number of ether oxygens (including phenoxy) is 1. The predicted octanol–water partition coefficient (Wildman–Crippen LogP) is 3.31. The summed E-state index contributed by atoms with van der Waals surface area (Å²) in [6.07, 6.45) is 3.28. The number of carbonyl (C=O) groups excluding carboxylic acids is 4. The average molecular weight is 496 g/mol. The van der Waals surface area contributed by atoms with Crippen LogP contribution in [0.3, 0.4) is 0 Å². The van der Waals surface area contributed by atoms with E-state index in [4.69, 9.17) is 4.74 Å². The van der Waals surface area contributed by atoms with Gasteiger partial charge in [0.25, 0.3) is 5.91 Å². The molecule has 3 fully saturated rings. The molecule has 2 atom stereocenters. The Hall–Kier alpha value is -3.04. The maximum Gasteiger partial charge on any atom is 0.257 e. The zero-order valence-corrected chi connectivity index (χ0v) is 20.6. The molecule has 2 aliphatic heterocycles. The number of nitrogens with zero attached hydrogens (tertiary/aromatic N) is 2. The topological polar surface area (TPSA) is 96.0 Å². The van der Waals surface area contributed by atoms with Crippen LogP contribution in [0.5, 0.6) is 0 Å². The summed E-state index contributed by atoms with van der Waals surface area (Å²) in [6.45, 7) is 3.49. The summed E-state index contributed by atoms with van der Waals surface area (Å²) in [7, 11) is 0. The number of fused-ring (bicyclic) bond motifs is 1. The van der Waals surface area contributed by atoms with E-state index in [0.717, 1.165) is 33.7 Å². The first-order valence-electron chi connectivity index (χ1n) is 12.2. The first-order chi connectivity index (χ1) is 17.0. The second-order valence-corrected chi connectivity index (χ2v) is 10.4. The van der Waals surface area contributed by atoms with Crippen LogP contribution in [0.25, 0.3) is 10.4 Å². The Morgan fingerprint density at radius 3 is 2.29 bits per heavy atom. The molecular formula is C26H29N3O5S. The molecule has 8 nitrogen and oxygen atoms in total. The molecule has 3 heterocycles. The lowest BCUT2D eigenvalue weighted by molar-refractivity contribution is -0.142. The van der Waals surface area contributed by atoms with Gasteiger partial charge in [0.15, 0.2) is 0 Å². The molecule has 0 bridgehead atoms. The number of nitrogens with one attached hydrogen (secondary N) is 1. The van der Waals surface area contributed by atoms with E-state index in [1.807, 2.05) is 37.3 Å². The van der Waals surface area contributed by atoms with Crippen LogP contribution >= 0.6 is 11.3 Å². The van der Waals surface area contributed by atoms with Crippen molar-refractivity contribution in [2.75, 3.05) is 38.2 Å². The van der Waals surface area contributed by atoms with E-state index in [1.165, 1.54) is 11.3 Å². The second kappa shape index (κ2) is 9.91. The van der Waals surface area contributed by atoms with Crippen LogP contribution < -0.4 is 5.32 Å². The first kappa shape index (κ1) is 23.7. The highest BCUT2D eigenvalue weighted by atomic mass is 32.1. The number of imide groups is 1. The minimum Gasteiger partial charge on any atom is -0.378 e. The summed E-state index contributed by atoms with van der Waals surface area (Å²) in [4.78, 5) is 56.0. The molecule has 184 valence electrons. The molecule has 35 heavy (non-hydrogen) atoms. The summed E-state index contributed by atoms with van der Waals surface area (Å²) in [5.41, 5.74) is 2.21. The molecule has 2 aromatic rings. The average Bonchev–Trinajstić information content (AvgIpc) is 3.33. The van der Waals surface area contributed by atoms with Gasteiger partial charge in [-0.05, 0) is 30.9 Å². The predicted molar refractivity (Wildman–Crippen MR) is 132 cm³/mol. The fourth-order valence-electron chi connectivity index (χ4n) is 5.35. The summed E-state index contributed by atoms with van der Waals surface area (Å²) >= 11 is 1.34. The number of carbonyl (C=O) groups is 4. The van der Waals surface area contributed by atoms with Gasteiger partial charge in [-0.2, -0.15) is 0 Å². The zero-order valence-electron chi connectivity index (χ0n) is 19.7. The highest BCUT2D eigenvalue weighted by molar-refractivity contribution is 7.20. The summed E-state index contributed by atoms with van der Waals surface area (Å²) < 4.78 is 5.39. The maximum absolute atomic E-state index is 13.5. The van der Waals surface area contributed by atoms with Crippen LogP contribution in [0.1, 0.15) is 41.6 Å². The monoisotopic (exact) mass is 495 g/mol. The van der Waals surface area contributed by atoms with Crippen molar-refractivity contribution in [1.82, 2.24) is 9.80 Å². The van der Waals surface area contributed by atoms with Gasteiger partial charge >= 0.3 is 0 Å². The second-order valence-electron chi connectivity index (χ2n) is 9.34. The lowest BCUT2D eigenvalue weighted by Crippen LogP contribution is -2.41.